The lowest BCUT2D eigenvalue weighted by Crippen LogP contribution is -2.22. The SMILES string of the molecule is N#Cc1cccc2c1NC(=O)CCC(c1ccccc1)N2. The van der Waals surface area contributed by atoms with Gasteiger partial charge in [0.2, 0.25) is 5.91 Å². The van der Waals surface area contributed by atoms with Crippen molar-refractivity contribution < 1.29 is 4.79 Å². The quantitative estimate of drug-likeness (QED) is 0.839. The zero-order valence-corrected chi connectivity index (χ0v) is 11.5. The molecule has 2 aromatic carbocycles. The minimum atomic E-state index is -0.0543. The van der Waals surface area contributed by atoms with Gasteiger partial charge in [0.25, 0.3) is 0 Å². The van der Waals surface area contributed by atoms with Crippen LogP contribution in [0.25, 0.3) is 0 Å². The first-order valence-electron chi connectivity index (χ1n) is 6.92. The van der Waals surface area contributed by atoms with E-state index in [1.54, 1.807) is 6.07 Å². The summed E-state index contributed by atoms with van der Waals surface area (Å²) < 4.78 is 0. The number of nitrogens with zero attached hydrogens (tertiary/aromatic N) is 1. The largest absolute Gasteiger partial charge is 0.377 e. The molecule has 0 fully saturated rings. The fourth-order valence-corrected chi connectivity index (χ4v) is 2.57. The predicted octanol–water partition coefficient (Wildman–Crippen LogP) is 3.44. The van der Waals surface area contributed by atoms with Gasteiger partial charge in [0.05, 0.1) is 23.0 Å². The molecule has 4 heteroatoms. The highest BCUT2D eigenvalue weighted by molar-refractivity contribution is 5.96. The van der Waals surface area contributed by atoms with Crippen molar-refractivity contribution in [3.63, 3.8) is 0 Å². The van der Waals surface area contributed by atoms with E-state index in [0.717, 1.165) is 11.3 Å². The van der Waals surface area contributed by atoms with Gasteiger partial charge in [0.15, 0.2) is 0 Å². The normalized spacial score (nSPS) is 17.5. The van der Waals surface area contributed by atoms with E-state index in [4.69, 9.17) is 0 Å². The van der Waals surface area contributed by atoms with Crippen LogP contribution in [0.15, 0.2) is 48.5 Å². The molecule has 4 nitrogen and oxygen atoms in total. The van der Waals surface area contributed by atoms with Crippen LogP contribution in [0, 0.1) is 11.3 Å². The van der Waals surface area contributed by atoms with E-state index in [1.165, 1.54) is 0 Å². The molecule has 21 heavy (non-hydrogen) atoms. The molecule has 0 bridgehead atoms. The van der Waals surface area contributed by atoms with E-state index in [9.17, 15) is 10.1 Å². The number of carbonyl (C=O) groups is 1. The van der Waals surface area contributed by atoms with Crippen molar-refractivity contribution >= 4 is 17.3 Å². The molecule has 104 valence electrons. The monoisotopic (exact) mass is 277 g/mol. The molecule has 0 aromatic heterocycles. The van der Waals surface area contributed by atoms with E-state index >= 15 is 0 Å². The Hall–Kier alpha value is -2.80. The van der Waals surface area contributed by atoms with Crippen LogP contribution >= 0.6 is 0 Å². The molecule has 0 spiro atoms. The molecular weight excluding hydrogens is 262 g/mol. The summed E-state index contributed by atoms with van der Waals surface area (Å²) >= 11 is 0. The molecular formula is C17H15N3O. The van der Waals surface area contributed by atoms with Crippen molar-refractivity contribution in [3.8, 4) is 6.07 Å². The Kier molecular flexibility index (Phi) is 3.57. The predicted molar refractivity (Wildman–Crippen MR) is 81.8 cm³/mol. The number of hydrogen-bond acceptors (Lipinski definition) is 3. The van der Waals surface area contributed by atoms with Crippen LogP contribution in [0.3, 0.4) is 0 Å². The molecule has 0 aliphatic carbocycles. The van der Waals surface area contributed by atoms with Gasteiger partial charge in [0, 0.05) is 6.42 Å². The van der Waals surface area contributed by atoms with Gasteiger partial charge in [-0.3, -0.25) is 4.79 Å². The fraction of sp³-hybridized carbons (Fsp3) is 0.176. The molecule has 1 aliphatic heterocycles. The highest BCUT2D eigenvalue weighted by atomic mass is 16.1. The average Bonchev–Trinajstić information content (AvgIpc) is 2.51. The van der Waals surface area contributed by atoms with Gasteiger partial charge in [-0.05, 0) is 24.1 Å². The van der Waals surface area contributed by atoms with Crippen LogP contribution in [-0.4, -0.2) is 5.91 Å². The molecule has 1 amide bonds. The van der Waals surface area contributed by atoms with Gasteiger partial charge >= 0.3 is 0 Å². The Balaban J connectivity index is 2.02. The number of nitriles is 1. The Morgan fingerprint density at radius 1 is 1.10 bits per heavy atom. The van der Waals surface area contributed by atoms with E-state index in [0.29, 0.717) is 24.1 Å². The van der Waals surface area contributed by atoms with Crippen molar-refractivity contribution in [1.29, 1.82) is 5.26 Å². The molecule has 1 heterocycles. The maximum absolute atomic E-state index is 12.0. The van der Waals surface area contributed by atoms with E-state index < -0.39 is 0 Å². The number of para-hydroxylation sites is 1. The minimum absolute atomic E-state index is 0.0543. The van der Waals surface area contributed by atoms with Crippen molar-refractivity contribution in [2.45, 2.75) is 18.9 Å². The lowest BCUT2D eigenvalue weighted by Gasteiger charge is -2.25. The topological polar surface area (TPSA) is 64.9 Å². The summed E-state index contributed by atoms with van der Waals surface area (Å²) in [7, 11) is 0. The summed E-state index contributed by atoms with van der Waals surface area (Å²) in [5.41, 5.74) is 2.98. The molecule has 2 N–H and O–H groups in total. The smallest absolute Gasteiger partial charge is 0.224 e. The van der Waals surface area contributed by atoms with Crippen molar-refractivity contribution in [2.75, 3.05) is 10.6 Å². The zero-order chi connectivity index (χ0) is 14.7. The third kappa shape index (κ3) is 2.72. The lowest BCUT2D eigenvalue weighted by molar-refractivity contribution is -0.116. The van der Waals surface area contributed by atoms with Crippen LogP contribution < -0.4 is 10.6 Å². The second kappa shape index (κ2) is 5.68. The van der Waals surface area contributed by atoms with E-state index in [1.807, 2.05) is 42.5 Å². The Bertz CT molecular complexity index is 704. The minimum Gasteiger partial charge on any atom is -0.377 e. The fourth-order valence-electron chi connectivity index (χ4n) is 2.57. The number of fused-ring (bicyclic) bond motifs is 1. The van der Waals surface area contributed by atoms with Gasteiger partial charge in [-0.2, -0.15) is 5.26 Å². The van der Waals surface area contributed by atoms with E-state index in [2.05, 4.69) is 16.7 Å². The molecule has 0 saturated carbocycles. The molecule has 1 atom stereocenters. The third-order valence-corrected chi connectivity index (χ3v) is 3.64. The second-order valence-corrected chi connectivity index (χ2v) is 5.03. The number of hydrogen-bond donors (Lipinski definition) is 2. The summed E-state index contributed by atoms with van der Waals surface area (Å²) in [5, 5.41) is 15.5. The summed E-state index contributed by atoms with van der Waals surface area (Å²) in [5.74, 6) is -0.0543. The third-order valence-electron chi connectivity index (χ3n) is 3.64. The number of rotatable bonds is 1. The van der Waals surface area contributed by atoms with Crippen LogP contribution in [0.4, 0.5) is 11.4 Å². The molecule has 3 rings (SSSR count). The van der Waals surface area contributed by atoms with Gasteiger partial charge in [0.1, 0.15) is 6.07 Å². The standard InChI is InChI=1S/C17H15N3O/c18-11-13-7-4-8-15-17(13)20-16(21)10-9-14(19-15)12-5-2-1-3-6-12/h1-8,14,19H,9-10H2,(H,20,21). The first-order chi connectivity index (χ1) is 10.3. The summed E-state index contributed by atoms with van der Waals surface area (Å²) in [6.45, 7) is 0. The van der Waals surface area contributed by atoms with Gasteiger partial charge < -0.3 is 10.6 Å². The number of amides is 1. The van der Waals surface area contributed by atoms with Crippen LogP contribution in [0.5, 0.6) is 0 Å². The van der Waals surface area contributed by atoms with Crippen molar-refractivity contribution in [1.82, 2.24) is 0 Å². The Morgan fingerprint density at radius 3 is 2.67 bits per heavy atom. The molecule has 1 unspecified atom stereocenters. The number of benzene rings is 2. The lowest BCUT2D eigenvalue weighted by atomic mass is 9.99. The molecule has 2 aromatic rings. The average molecular weight is 277 g/mol. The zero-order valence-electron chi connectivity index (χ0n) is 11.5. The first-order valence-corrected chi connectivity index (χ1v) is 6.92. The van der Waals surface area contributed by atoms with Gasteiger partial charge in [-0.1, -0.05) is 36.4 Å². The second-order valence-electron chi connectivity index (χ2n) is 5.03. The van der Waals surface area contributed by atoms with E-state index in [-0.39, 0.29) is 11.9 Å². The summed E-state index contributed by atoms with van der Waals surface area (Å²) in [6, 6.07) is 17.6. The highest BCUT2D eigenvalue weighted by Crippen LogP contribution is 2.33. The summed E-state index contributed by atoms with van der Waals surface area (Å²) in [4.78, 5) is 12.0. The van der Waals surface area contributed by atoms with Crippen molar-refractivity contribution in [2.24, 2.45) is 0 Å². The van der Waals surface area contributed by atoms with Crippen LogP contribution in [-0.2, 0) is 4.79 Å². The molecule has 1 aliphatic rings. The van der Waals surface area contributed by atoms with Gasteiger partial charge in [-0.25, -0.2) is 0 Å². The Labute approximate surface area is 123 Å². The number of anilines is 2. The van der Waals surface area contributed by atoms with Crippen molar-refractivity contribution in [3.05, 3.63) is 59.7 Å². The first kappa shape index (κ1) is 13.2. The number of carbonyl (C=O) groups excluding carboxylic acids is 1. The summed E-state index contributed by atoms with van der Waals surface area (Å²) in [6.07, 6.45) is 1.14. The van der Waals surface area contributed by atoms with Gasteiger partial charge in [-0.15, -0.1) is 0 Å². The highest BCUT2D eigenvalue weighted by Gasteiger charge is 2.20. The van der Waals surface area contributed by atoms with Crippen LogP contribution in [0.2, 0.25) is 0 Å². The maximum atomic E-state index is 12.0. The van der Waals surface area contributed by atoms with Crippen LogP contribution in [0.1, 0.15) is 30.0 Å². The maximum Gasteiger partial charge on any atom is 0.224 e. The Morgan fingerprint density at radius 2 is 1.90 bits per heavy atom. The molecule has 0 saturated heterocycles. The molecule has 0 radical (unpaired) electrons. The number of nitrogens with one attached hydrogen (secondary N) is 2.